The lowest BCUT2D eigenvalue weighted by atomic mass is 10.0. The van der Waals surface area contributed by atoms with E-state index in [0.717, 1.165) is 17.8 Å². The number of thiophene rings is 1. The maximum atomic E-state index is 14.3. The SMILES string of the molecule is CCCNC(c1ccc(Cl)s1)c1cccc(Br)c1F. The van der Waals surface area contributed by atoms with Gasteiger partial charge in [-0.1, -0.05) is 30.7 Å². The van der Waals surface area contributed by atoms with Gasteiger partial charge < -0.3 is 5.32 Å². The molecule has 1 aromatic heterocycles. The van der Waals surface area contributed by atoms with Gasteiger partial charge in [-0.25, -0.2) is 4.39 Å². The smallest absolute Gasteiger partial charge is 0.142 e. The van der Waals surface area contributed by atoms with Gasteiger partial charge >= 0.3 is 0 Å². The van der Waals surface area contributed by atoms with E-state index in [1.165, 1.54) is 11.3 Å². The van der Waals surface area contributed by atoms with Crippen LogP contribution >= 0.6 is 38.9 Å². The topological polar surface area (TPSA) is 12.0 Å². The van der Waals surface area contributed by atoms with Crippen LogP contribution in [0.3, 0.4) is 0 Å². The fourth-order valence-electron chi connectivity index (χ4n) is 1.88. The number of nitrogens with one attached hydrogen (secondary N) is 1. The van der Waals surface area contributed by atoms with Gasteiger partial charge in [-0.2, -0.15) is 0 Å². The van der Waals surface area contributed by atoms with Gasteiger partial charge in [0.15, 0.2) is 0 Å². The normalized spacial score (nSPS) is 12.6. The first-order chi connectivity index (χ1) is 9.13. The maximum Gasteiger partial charge on any atom is 0.142 e. The highest BCUT2D eigenvalue weighted by atomic mass is 79.9. The summed E-state index contributed by atoms with van der Waals surface area (Å²) in [5, 5.41) is 3.37. The van der Waals surface area contributed by atoms with Crippen LogP contribution in [0.15, 0.2) is 34.8 Å². The molecule has 0 radical (unpaired) electrons. The number of hydrogen-bond acceptors (Lipinski definition) is 2. The lowest BCUT2D eigenvalue weighted by molar-refractivity contribution is 0.547. The van der Waals surface area contributed by atoms with E-state index in [9.17, 15) is 4.39 Å². The lowest BCUT2D eigenvalue weighted by Crippen LogP contribution is -2.23. The summed E-state index contributed by atoms with van der Waals surface area (Å²) in [5.74, 6) is -0.222. The van der Waals surface area contributed by atoms with Crippen molar-refractivity contribution < 1.29 is 4.39 Å². The first kappa shape index (κ1) is 15.0. The third kappa shape index (κ3) is 3.57. The molecule has 19 heavy (non-hydrogen) atoms. The quantitative estimate of drug-likeness (QED) is 0.751. The minimum absolute atomic E-state index is 0.157. The first-order valence-electron chi connectivity index (χ1n) is 6.06. The van der Waals surface area contributed by atoms with E-state index in [1.807, 2.05) is 18.2 Å². The van der Waals surface area contributed by atoms with Crippen molar-refractivity contribution in [1.82, 2.24) is 5.32 Å². The van der Waals surface area contributed by atoms with E-state index >= 15 is 0 Å². The largest absolute Gasteiger partial charge is 0.306 e. The van der Waals surface area contributed by atoms with Crippen molar-refractivity contribution in [3.05, 3.63) is 55.4 Å². The average molecular weight is 363 g/mol. The highest BCUT2D eigenvalue weighted by Gasteiger charge is 2.20. The maximum absolute atomic E-state index is 14.3. The Morgan fingerprint density at radius 3 is 2.79 bits per heavy atom. The second-order valence-electron chi connectivity index (χ2n) is 4.17. The van der Waals surface area contributed by atoms with Crippen molar-refractivity contribution in [2.24, 2.45) is 0 Å². The van der Waals surface area contributed by atoms with Crippen LogP contribution in [0.4, 0.5) is 4.39 Å². The molecule has 0 fully saturated rings. The number of rotatable bonds is 5. The third-order valence-corrected chi connectivity index (χ3v) is 4.68. The molecule has 2 rings (SSSR count). The van der Waals surface area contributed by atoms with Gasteiger partial charge in [-0.3, -0.25) is 0 Å². The number of halogens is 3. The Morgan fingerprint density at radius 2 is 2.16 bits per heavy atom. The first-order valence-corrected chi connectivity index (χ1v) is 8.04. The summed E-state index contributed by atoms with van der Waals surface area (Å²) >= 11 is 10.7. The Labute approximate surface area is 129 Å². The number of hydrogen-bond donors (Lipinski definition) is 1. The van der Waals surface area contributed by atoms with Crippen LogP contribution in [0.1, 0.15) is 29.8 Å². The summed E-state index contributed by atoms with van der Waals surface area (Å²) in [6.45, 7) is 2.91. The second kappa shape index (κ2) is 6.84. The molecule has 0 aliphatic heterocycles. The van der Waals surface area contributed by atoms with Crippen LogP contribution in [-0.2, 0) is 0 Å². The molecule has 0 saturated heterocycles. The Hall–Kier alpha value is -0.420. The Kier molecular flexibility index (Phi) is 5.39. The van der Waals surface area contributed by atoms with E-state index < -0.39 is 0 Å². The molecule has 5 heteroatoms. The zero-order valence-electron chi connectivity index (χ0n) is 10.4. The predicted octanol–water partition coefficient (Wildman–Crippen LogP) is 5.39. The summed E-state index contributed by atoms with van der Waals surface area (Å²) in [4.78, 5) is 1.02. The molecule has 1 N–H and O–H groups in total. The molecule has 0 saturated carbocycles. The van der Waals surface area contributed by atoms with Crippen molar-refractivity contribution in [2.75, 3.05) is 6.54 Å². The summed E-state index contributed by atoms with van der Waals surface area (Å²) in [6, 6.07) is 8.99. The standard InChI is InChI=1S/C14H14BrClFNS/c1-2-8-18-14(11-6-7-12(16)19-11)9-4-3-5-10(15)13(9)17/h3-7,14,18H,2,8H2,1H3. The van der Waals surface area contributed by atoms with Crippen molar-refractivity contribution in [1.29, 1.82) is 0 Å². The highest BCUT2D eigenvalue weighted by Crippen LogP contribution is 2.33. The zero-order chi connectivity index (χ0) is 13.8. The molecular formula is C14H14BrClFNS. The fraction of sp³-hybridized carbons (Fsp3) is 0.286. The molecule has 1 unspecified atom stereocenters. The fourth-order valence-corrected chi connectivity index (χ4v) is 3.42. The van der Waals surface area contributed by atoms with Gasteiger partial charge in [0.05, 0.1) is 14.9 Å². The van der Waals surface area contributed by atoms with Gasteiger partial charge in [-0.15, -0.1) is 11.3 Å². The van der Waals surface area contributed by atoms with Crippen molar-refractivity contribution in [2.45, 2.75) is 19.4 Å². The summed E-state index contributed by atoms with van der Waals surface area (Å²) in [7, 11) is 0. The molecule has 1 aromatic carbocycles. The van der Waals surface area contributed by atoms with E-state index in [4.69, 9.17) is 11.6 Å². The average Bonchev–Trinajstić information content (AvgIpc) is 2.81. The lowest BCUT2D eigenvalue weighted by Gasteiger charge is -2.18. The molecule has 0 aliphatic rings. The van der Waals surface area contributed by atoms with Gasteiger partial charge in [0, 0.05) is 10.4 Å². The summed E-state index contributed by atoms with van der Waals surface area (Å²) in [6.07, 6.45) is 0.991. The summed E-state index contributed by atoms with van der Waals surface area (Å²) in [5.41, 5.74) is 0.640. The molecule has 1 atom stereocenters. The monoisotopic (exact) mass is 361 g/mol. The molecule has 0 bridgehead atoms. The van der Waals surface area contributed by atoms with Crippen LogP contribution in [0.5, 0.6) is 0 Å². The summed E-state index contributed by atoms with van der Waals surface area (Å²) < 4.78 is 15.5. The molecule has 0 aliphatic carbocycles. The molecular weight excluding hydrogens is 349 g/mol. The van der Waals surface area contributed by atoms with Crippen molar-refractivity contribution in [3.8, 4) is 0 Å². The third-order valence-electron chi connectivity index (χ3n) is 2.77. The van der Waals surface area contributed by atoms with Crippen LogP contribution in [0, 0.1) is 5.82 Å². The Morgan fingerprint density at radius 1 is 1.37 bits per heavy atom. The van der Waals surface area contributed by atoms with E-state index in [-0.39, 0.29) is 11.9 Å². The van der Waals surface area contributed by atoms with E-state index in [1.54, 1.807) is 12.1 Å². The molecule has 0 amide bonds. The highest BCUT2D eigenvalue weighted by molar-refractivity contribution is 9.10. The zero-order valence-corrected chi connectivity index (χ0v) is 13.6. The molecule has 2 aromatic rings. The number of benzene rings is 1. The van der Waals surface area contributed by atoms with Crippen molar-refractivity contribution >= 4 is 38.9 Å². The van der Waals surface area contributed by atoms with Crippen molar-refractivity contribution in [3.63, 3.8) is 0 Å². The molecule has 1 nitrogen and oxygen atoms in total. The Balaban J connectivity index is 2.39. The van der Waals surface area contributed by atoms with Crippen LogP contribution in [0.2, 0.25) is 4.34 Å². The minimum Gasteiger partial charge on any atom is -0.306 e. The molecule has 102 valence electrons. The molecule has 0 spiro atoms. The predicted molar refractivity (Wildman–Crippen MR) is 83.6 cm³/mol. The van der Waals surface area contributed by atoms with Crippen LogP contribution in [0.25, 0.3) is 0 Å². The Bertz CT molecular complexity index is 558. The van der Waals surface area contributed by atoms with Gasteiger partial charge in [0.2, 0.25) is 0 Å². The van der Waals surface area contributed by atoms with Gasteiger partial charge in [0.1, 0.15) is 5.82 Å². The molecule has 1 heterocycles. The van der Waals surface area contributed by atoms with Crippen LogP contribution in [-0.4, -0.2) is 6.54 Å². The van der Waals surface area contributed by atoms with E-state index in [2.05, 4.69) is 28.2 Å². The van der Waals surface area contributed by atoms with Gasteiger partial charge in [0.25, 0.3) is 0 Å². The van der Waals surface area contributed by atoms with Crippen LogP contribution < -0.4 is 5.32 Å². The van der Waals surface area contributed by atoms with E-state index in [0.29, 0.717) is 14.4 Å². The van der Waals surface area contributed by atoms with Gasteiger partial charge in [-0.05, 0) is 47.1 Å². The minimum atomic E-state index is -0.222. The second-order valence-corrected chi connectivity index (χ2v) is 6.77.